The van der Waals surface area contributed by atoms with Gasteiger partial charge in [0, 0.05) is 49.7 Å². The van der Waals surface area contributed by atoms with Crippen LogP contribution >= 0.6 is 0 Å². The van der Waals surface area contributed by atoms with E-state index in [0.717, 1.165) is 192 Å². The van der Waals surface area contributed by atoms with E-state index in [9.17, 15) is 33.6 Å². The molecule has 0 saturated carbocycles. The molecule has 2 atom stereocenters. The van der Waals surface area contributed by atoms with Crippen molar-refractivity contribution in [1.29, 1.82) is 0 Å². The Morgan fingerprint density at radius 1 is 0.296 bits per heavy atom. The van der Waals surface area contributed by atoms with Crippen LogP contribution in [-0.2, 0) is 43.1 Å². The van der Waals surface area contributed by atoms with E-state index < -0.39 is 0 Å². The van der Waals surface area contributed by atoms with Crippen molar-refractivity contribution in [3.63, 3.8) is 0 Å². The number of aliphatic hydroxyl groups is 2. The summed E-state index contributed by atoms with van der Waals surface area (Å²) in [5, 5.41) is 18.3. The van der Waals surface area contributed by atoms with Crippen LogP contribution in [0, 0.1) is 11.8 Å². The van der Waals surface area contributed by atoms with Gasteiger partial charge in [-0.05, 0) is 205 Å². The first kappa shape index (κ1) is 96.0. The molecule has 5 aliphatic carbocycles. The average Bonchev–Trinajstić information content (AvgIpc) is 1.89. The number of ketones is 5. The van der Waals surface area contributed by atoms with E-state index in [2.05, 4.69) is 65.5 Å². The second-order valence-electron chi connectivity index (χ2n) is 27.8. The molecule has 0 heterocycles. The van der Waals surface area contributed by atoms with Crippen molar-refractivity contribution in [3.8, 4) is 0 Å². The van der Waals surface area contributed by atoms with Gasteiger partial charge in [-0.1, -0.05) is 208 Å². The summed E-state index contributed by atoms with van der Waals surface area (Å²) in [7, 11) is 1.31. The molecule has 5 aliphatic rings. The van der Waals surface area contributed by atoms with Crippen LogP contribution in [0.3, 0.4) is 0 Å². The van der Waals surface area contributed by atoms with Gasteiger partial charge in [-0.3, -0.25) is 28.8 Å². The Morgan fingerprint density at radius 3 is 0.735 bits per heavy atom. The first-order valence-electron chi connectivity index (χ1n) is 40.1. The summed E-state index contributed by atoms with van der Waals surface area (Å²) >= 11 is 0. The number of carbonyl (C=O) groups is 8. The Hall–Kier alpha value is -4.06. The largest absolute Gasteiger partial charge is 1.00 e. The number of carbonyl (C=O) groups excluding carboxylic acids is 8. The Morgan fingerprint density at radius 2 is 0.490 bits per heavy atom. The number of rotatable bonds is 3. The number of Topliss-reactive ketones (excluding diaryl/α,β-unsaturated/α-hetero) is 5. The van der Waals surface area contributed by atoms with E-state index >= 15 is 0 Å². The van der Waals surface area contributed by atoms with Crippen LogP contribution in [0.25, 0.3) is 0 Å². The van der Waals surface area contributed by atoms with Gasteiger partial charge >= 0.3 is 29.6 Å². The third-order valence-electron chi connectivity index (χ3n) is 19.1. The third kappa shape index (κ3) is 66.5. The predicted molar refractivity (Wildman–Crippen MR) is 407 cm³/mol. The number of methoxy groups -OCH3 is 1. The van der Waals surface area contributed by atoms with Gasteiger partial charge in [0.15, 0.2) is 11.6 Å². The predicted octanol–water partition coefficient (Wildman–Crippen LogP) is 21.8. The van der Waals surface area contributed by atoms with Gasteiger partial charge < -0.3 is 26.0 Å². The maximum Gasteiger partial charge on any atom is 1.00 e. The van der Waals surface area contributed by atoms with Crippen LogP contribution in [0.1, 0.15) is 393 Å². The monoisotopic (exact) mass is 1380 g/mol. The van der Waals surface area contributed by atoms with Gasteiger partial charge in [-0.15, -0.1) is 0 Å². The Balaban J connectivity index is -0.00000114. The summed E-state index contributed by atoms with van der Waals surface area (Å²) in [6.07, 6.45) is 93.7. The molecule has 12 heteroatoms. The number of aliphatic hydroxyl groups excluding tert-OH is 2. The van der Waals surface area contributed by atoms with E-state index in [0.29, 0.717) is 49.1 Å². The molecule has 0 aliphatic heterocycles. The molecule has 2 N–H and O–H groups in total. The zero-order valence-corrected chi connectivity index (χ0v) is 65.0. The first-order valence-corrected chi connectivity index (χ1v) is 40.1. The minimum absolute atomic E-state index is 0. The summed E-state index contributed by atoms with van der Waals surface area (Å²) in [5.74, 6) is 0.473. The van der Waals surface area contributed by atoms with E-state index in [1.54, 1.807) is 0 Å². The fourth-order valence-electron chi connectivity index (χ4n) is 12.7. The van der Waals surface area contributed by atoms with Gasteiger partial charge in [0.2, 0.25) is 0 Å². The molecule has 0 aromatic rings. The molecule has 98 heavy (non-hydrogen) atoms. The molecule has 0 spiro atoms. The van der Waals surface area contributed by atoms with Crippen molar-refractivity contribution in [3.05, 3.63) is 84.4 Å². The van der Waals surface area contributed by atoms with Crippen molar-refractivity contribution in [2.24, 2.45) is 11.8 Å². The second kappa shape index (κ2) is 78.7. The summed E-state index contributed by atoms with van der Waals surface area (Å²) in [5.41, 5.74) is 1.26. The van der Waals surface area contributed by atoms with Crippen molar-refractivity contribution in [2.45, 2.75) is 392 Å². The fraction of sp³-hybridized carbons (Fsp3) is 0.744. The molecule has 5 rings (SSSR count). The fourth-order valence-corrected chi connectivity index (χ4v) is 12.7. The molecular formula is C86H145NaO11. The zero-order chi connectivity index (χ0) is 70.6. The number of ether oxygens (including phenoxy) is 1. The maximum atomic E-state index is 11.9. The van der Waals surface area contributed by atoms with E-state index in [1.165, 1.54) is 206 Å². The molecule has 0 fully saturated rings. The molecule has 556 valence electrons. The maximum absolute atomic E-state index is 11.9. The summed E-state index contributed by atoms with van der Waals surface area (Å²) < 4.78 is 3.86. The van der Waals surface area contributed by atoms with Crippen LogP contribution in [0.15, 0.2) is 84.4 Å². The second-order valence-corrected chi connectivity index (χ2v) is 27.8. The van der Waals surface area contributed by atoms with Crippen molar-refractivity contribution in [1.82, 2.24) is 0 Å². The Kier molecular flexibility index (Phi) is 77.0. The van der Waals surface area contributed by atoms with Gasteiger partial charge in [-0.25, -0.2) is 0 Å². The number of aldehydes is 2. The van der Waals surface area contributed by atoms with Gasteiger partial charge in [0.1, 0.15) is 29.9 Å². The summed E-state index contributed by atoms with van der Waals surface area (Å²) in [4.78, 5) is 90.1. The number of hydrogen-bond donors (Lipinski definition) is 2. The zero-order valence-electron chi connectivity index (χ0n) is 64.0. The molecule has 0 bridgehead atoms. The number of allylic oxidation sites excluding steroid dienone is 12. The smallest absolute Gasteiger partial charge is 1.00 e. The van der Waals surface area contributed by atoms with E-state index in [1.807, 2.05) is 0 Å². The topological polar surface area (TPSA) is 186 Å². The average molecular weight is 1380 g/mol. The minimum Gasteiger partial charge on any atom is -1.00 e. The standard InChI is InChI=1S/4C17H28O2.C16H28O.C2H4O2.Na.H/c4*18-15-16-13-11-9-7-5-3-1-2-4-6-8-10-12-14-17(16)19;17-16-14-12-10-8-6-4-2-1-3-5-7-9-11-13-15-16;1-4-2-3;;/h1,3,15,18H,2,4-14H2;1,3,15-16H,2,4-14H2;1-2,15,18H,3-14H2;1-2,15-16H,3-14H2;1-2H,3-15H2;2H,1H3;;/q;;;;;;+1;-1. The first-order chi connectivity index (χ1) is 47.7. The molecule has 0 aromatic carbocycles. The van der Waals surface area contributed by atoms with Crippen LogP contribution in [0.5, 0.6) is 0 Å². The van der Waals surface area contributed by atoms with Crippen molar-refractivity contribution < 1.29 is 84.3 Å². The Bertz CT molecular complexity index is 2140. The van der Waals surface area contributed by atoms with Crippen LogP contribution in [-0.4, -0.2) is 65.3 Å². The SMILES string of the molecule is COC=O.O=C1CCCCCCC=CCCCCCCC1.O=C1CCCCCCC=CCCCCCCC1=CO.O=C1CCCCCCCC=CCCCCCC1=CO.O=CC1CCCCCC=CCCCCCCCC1=O.O=CC1CCCCCCC=CCCCCCCC1=O.[H-].[Na+]. The van der Waals surface area contributed by atoms with Crippen molar-refractivity contribution in [2.75, 3.05) is 7.11 Å². The Labute approximate surface area is 623 Å². The summed E-state index contributed by atoms with van der Waals surface area (Å²) in [6, 6.07) is 0. The molecule has 0 saturated heterocycles. The normalized spacial score (nSPS) is 23.0. The van der Waals surface area contributed by atoms with Gasteiger partial charge in [-0.2, -0.15) is 0 Å². The van der Waals surface area contributed by atoms with E-state index in [4.69, 9.17) is 15.0 Å². The van der Waals surface area contributed by atoms with Crippen LogP contribution < -0.4 is 29.6 Å². The van der Waals surface area contributed by atoms with E-state index in [-0.39, 0.29) is 66.0 Å². The quantitative estimate of drug-likeness (QED) is 0.0684. The molecular weight excluding hydrogens is 1230 g/mol. The molecule has 0 aromatic heterocycles. The molecule has 11 nitrogen and oxygen atoms in total. The molecule has 0 amide bonds. The van der Waals surface area contributed by atoms with Crippen LogP contribution in [0.2, 0.25) is 0 Å². The van der Waals surface area contributed by atoms with Crippen molar-refractivity contribution >= 4 is 48.0 Å². The minimum atomic E-state index is -0.330. The number of hydrogen-bond acceptors (Lipinski definition) is 11. The molecule has 0 radical (unpaired) electrons. The third-order valence-corrected chi connectivity index (χ3v) is 19.1. The van der Waals surface area contributed by atoms with Gasteiger partial charge in [0.25, 0.3) is 6.47 Å². The van der Waals surface area contributed by atoms with Crippen LogP contribution in [0.4, 0.5) is 0 Å². The molecule has 2 unspecified atom stereocenters. The van der Waals surface area contributed by atoms with Gasteiger partial charge in [0.05, 0.1) is 31.5 Å². The summed E-state index contributed by atoms with van der Waals surface area (Å²) in [6.45, 7) is 0.375.